The van der Waals surface area contributed by atoms with E-state index in [9.17, 15) is 4.79 Å². The van der Waals surface area contributed by atoms with E-state index in [1.807, 2.05) is 12.1 Å². The van der Waals surface area contributed by atoms with Crippen LogP contribution in [0, 0.1) is 0 Å². The Balaban J connectivity index is 1.77. The highest BCUT2D eigenvalue weighted by molar-refractivity contribution is 6.30. The van der Waals surface area contributed by atoms with Crippen molar-refractivity contribution < 1.29 is 9.53 Å². The Kier molecular flexibility index (Phi) is 5.05. The molecule has 1 aromatic rings. The number of alkyl carbamates (subject to hydrolysis) is 1. The molecule has 1 heterocycles. The third-order valence-corrected chi connectivity index (χ3v) is 3.58. The molecule has 0 aromatic heterocycles. The number of carbonyl (C=O) groups is 1. The van der Waals surface area contributed by atoms with Crippen LogP contribution in [0.1, 0.15) is 18.4 Å². The van der Waals surface area contributed by atoms with Gasteiger partial charge >= 0.3 is 6.09 Å². The molecule has 1 aliphatic heterocycles. The van der Waals surface area contributed by atoms with Crippen LogP contribution in [-0.4, -0.2) is 37.2 Å². The molecule has 0 saturated carbocycles. The molecule has 104 valence electrons. The quantitative estimate of drug-likeness (QED) is 0.927. The zero-order valence-electron chi connectivity index (χ0n) is 11.1. The third kappa shape index (κ3) is 4.40. The van der Waals surface area contributed by atoms with Crippen molar-refractivity contribution in [3.63, 3.8) is 0 Å². The second-order valence-corrected chi connectivity index (χ2v) is 5.19. The van der Waals surface area contributed by atoms with Gasteiger partial charge in [-0.05, 0) is 30.5 Å². The van der Waals surface area contributed by atoms with E-state index in [2.05, 4.69) is 22.3 Å². The van der Waals surface area contributed by atoms with Gasteiger partial charge in [0.1, 0.15) is 6.10 Å². The van der Waals surface area contributed by atoms with Crippen LogP contribution >= 0.6 is 11.6 Å². The fraction of sp³-hybridized carbons (Fsp3) is 0.500. The second-order valence-electron chi connectivity index (χ2n) is 4.76. The van der Waals surface area contributed by atoms with Crippen LogP contribution in [0.4, 0.5) is 4.79 Å². The van der Waals surface area contributed by atoms with E-state index >= 15 is 0 Å². The first-order chi connectivity index (χ1) is 9.17. The molecular formula is C14H19ClN2O2. The van der Waals surface area contributed by atoms with E-state index in [0.717, 1.165) is 37.5 Å². The molecule has 1 saturated heterocycles. The van der Waals surface area contributed by atoms with Gasteiger partial charge in [-0.15, -0.1) is 0 Å². The van der Waals surface area contributed by atoms with Gasteiger partial charge in [0.2, 0.25) is 0 Å². The summed E-state index contributed by atoms with van der Waals surface area (Å²) >= 11 is 5.87. The highest BCUT2D eigenvalue weighted by Gasteiger charge is 2.21. The minimum atomic E-state index is -0.337. The Morgan fingerprint density at radius 2 is 2.00 bits per heavy atom. The van der Waals surface area contributed by atoms with Gasteiger partial charge in [0, 0.05) is 31.7 Å². The summed E-state index contributed by atoms with van der Waals surface area (Å²) in [5, 5.41) is 3.25. The van der Waals surface area contributed by atoms with Crippen molar-refractivity contribution in [1.29, 1.82) is 0 Å². The Labute approximate surface area is 118 Å². The van der Waals surface area contributed by atoms with Crippen molar-refractivity contribution in [3.8, 4) is 0 Å². The van der Waals surface area contributed by atoms with E-state index in [1.165, 1.54) is 5.56 Å². The third-order valence-electron chi connectivity index (χ3n) is 3.33. The summed E-state index contributed by atoms with van der Waals surface area (Å²) in [6.45, 7) is 2.82. The highest BCUT2D eigenvalue weighted by atomic mass is 35.5. The predicted octanol–water partition coefficient (Wildman–Crippen LogP) is 2.66. The van der Waals surface area contributed by atoms with Crippen LogP contribution in [-0.2, 0) is 11.3 Å². The number of piperidine rings is 1. The maximum absolute atomic E-state index is 11.1. The number of nitrogens with zero attached hydrogens (tertiary/aromatic N) is 1. The van der Waals surface area contributed by atoms with Gasteiger partial charge in [-0.25, -0.2) is 4.79 Å². The van der Waals surface area contributed by atoms with Crippen LogP contribution in [0.5, 0.6) is 0 Å². The van der Waals surface area contributed by atoms with Crippen molar-refractivity contribution in [3.05, 3.63) is 34.9 Å². The normalized spacial score (nSPS) is 17.2. The van der Waals surface area contributed by atoms with Crippen molar-refractivity contribution in [2.24, 2.45) is 0 Å². The van der Waals surface area contributed by atoms with Crippen molar-refractivity contribution in [2.75, 3.05) is 20.1 Å². The molecule has 4 nitrogen and oxygen atoms in total. The molecule has 1 aromatic carbocycles. The Morgan fingerprint density at radius 3 is 2.58 bits per heavy atom. The van der Waals surface area contributed by atoms with Gasteiger partial charge in [0.15, 0.2) is 0 Å². The minimum Gasteiger partial charge on any atom is -0.446 e. The summed E-state index contributed by atoms with van der Waals surface area (Å²) < 4.78 is 5.26. The molecule has 1 aliphatic rings. The van der Waals surface area contributed by atoms with Crippen LogP contribution < -0.4 is 5.32 Å². The lowest BCUT2D eigenvalue weighted by Gasteiger charge is -2.31. The van der Waals surface area contributed by atoms with Gasteiger partial charge in [0.05, 0.1) is 0 Å². The van der Waals surface area contributed by atoms with Crippen molar-refractivity contribution >= 4 is 17.7 Å². The Morgan fingerprint density at radius 1 is 1.37 bits per heavy atom. The molecule has 1 N–H and O–H groups in total. The maximum atomic E-state index is 11.1. The van der Waals surface area contributed by atoms with Crippen LogP contribution in [0.25, 0.3) is 0 Å². The smallest absolute Gasteiger partial charge is 0.407 e. The molecule has 0 unspecified atom stereocenters. The van der Waals surface area contributed by atoms with Gasteiger partial charge in [0.25, 0.3) is 0 Å². The SMILES string of the molecule is CNC(=O)OC1CCN(Cc2ccc(Cl)cc2)CC1. The zero-order chi connectivity index (χ0) is 13.7. The summed E-state index contributed by atoms with van der Waals surface area (Å²) in [7, 11) is 1.58. The molecule has 0 aliphatic carbocycles. The Hall–Kier alpha value is -1.26. The Bertz CT molecular complexity index is 414. The number of ether oxygens (including phenoxy) is 1. The maximum Gasteiger partial charge on any atom is 0.407 e. The zero-order valence-corrected chi connectivity index (χ0v) is 11.8. The summed E-state index contributed by atoms with van der Waals surface area (Å²) in [5.41, 5.74) is 1.26. The lowest BCUT2D eigenvalue weighted by atomic mass is 10.1. The number of rotatable bonds is 3. The monoisotopic (exact) mass is 282 g/mol. The number of likely N-dealkylation sites (tertiary alicyclic amines) is 1. The molecule has 0 radical (unpaired) electrons. The second kappa shape index (κ2) is 6.78. The summed E-state index contributed by atoms with van der Waals surface area (Å²) in [4.78, 5) is 13.5. The largest absolute Gasteiger partial charge is 0.446 e. The number of hydrogen-bond acceptors (Lipinski definition) is 3. The summed E-state index contributed by atoms with van der Waals surface area (Å²) in [6, 6.07) is 7.93. The number of carbonyl (C=O) groups excluding carboxylic acids is 1. The molecule has 0 atom stereocenters. The van der Waals surface area contributed by atoms with Crippen molar-refractivity contribution in [1.82, 2.24) is 10.2 Å². The number of hydrogen-bond donors (Lipinski definition) is 1. The molecular weight excluding hydrogens is 264 g/mol. The van der Waals surface area contributed by atoms with E-state index < -0.39 is 0 Å². The standard InChI is InChI=1S/C14H19ClN2O2/c1-16-14(18)19-13-6-8-17(9-7-13)10-11-2-4-12(15)5-3-11/h2-5,13H,6-10H2,1H3,(H,16,18). The first-order valence-corrected chi connectivity index (χ1v) is 6.90. The number of amides is 1. The molecule has 19 heavy (non-hydrogen) atoms. The van der Waals surface area contributed by atoms with Gasteiger partial charge < -0.3 is 10.1 Å². The van der Waals surface area contributed by atoms with E-state index in [1.54, 1.807) is 7.05 Å². The molecule has 1 fully saturated rings. The number of halogens is 1. The average Bonchev–Trinajstić information content (AvgIpc) is 2.43. The van der Waals surface area contributed by atoms with E-state index in [0.29, 0.717) is 0 Å². The lowest BCUT2D eigenvalue weighted by molar-refractivity contribution is 0.0498. The van der Waals surface area contributed by atoms with E-state index in [-0.39, 0.29) is 12.2 Å². The van der Waals surface area contributed by atoms with Crippen LogP contribution in [0.15, 0.2) is 24.3 Å². The average molecular weight is 283 g/mol. The molecule has 5 heteroatoms. The van der Waals surface area contributed by atoms with E-state index in [4.69, 9.17) is 16.3 Å². The topological polar surface area (TPSA) is 41.6 Å². The number of nitrogens with one attached hydrogen (secondary N) is 1. The fourth-order valence-corrected chi connectivity index (χ4v) is 2.37. The molecule has 2 rings (SSSR count). The van der Waals surface area contributed by atoms with Crippen LogP contribution in [0.2, 0.25) is 5.02 Å². The fourth-order valence-electron chi connectivity index (χ4n) is 2.24. The first-order valence-electron chi connectivity index (χ1n) is 6.52. The summed E-state index contributed by atoms with van der Waals surface area (Å²) in [6.07, 6.45) is 1.49. The predicted molar refractivity (Wildman–Crippen MR) is 75.3 cm³/mol. The number of benzene rings is 1. The van der Waals surface area contributed by atoms with Gasteiger partial charge in [-0.3, -0.25) is 4.90 Å². The van der Waals surface area contributed by atoms with Gasteiger partial charge in [-0.2, -0.15) is 0 Å². The first kappa shape index (κ1) is 14.2. The summed E-state index contributed by atoms with van der Waals surface area (Å²) in [5.74, 6) is 0. The minimum absolute atomic E-state index is 0.0430. The lowest BCUT2D eigenvalue weighted by Crippen LogP contribution is -2.38. The molecule has 0 spiro atoms. The highest BCUT2D eigenvalue weighted by Crippen LogP contribution is 2.17. The van der Waals surface area contributed by atoms with Crippen molar-refractivity contribution in [2.45, 2.75) is 25.5 Å². The van der Waals surface area contributed by atoms with Gasteiger partial charge in [-0.1, -0.05) is 23.7 Å². The van der Waals surface area contributed by atoms with Crippen LogP contribution in [0.3, 0.4) is 0 Å². The molecule has 1 amide bonds. The molecule has 0 bridgehead atoms.